The molecule has 1 aromatic rings. The molecule has 0 spiro atoms. The Morgan fingerprint density at radius 2 is 1.94 bits per heavy atom. The average Bonchev–Trinajstić information content (AvgIpc) is 2.31. The van der Waals surface area contributed by atoms with Crippen LogP contribution in [-0.4, -0.2) is 5.37 Å². The van der Waals surface area contributed by atoms with E-state index in [9.17, 15) is 0 Å². The van der Waals surface area contributed by atoms with Crippen molar-refractivity contribution in [2.45, 2.75) is 34.1 Å². The molecule has 0 saturated heterocycles. The minimum atomic E-state index is 0.0432. The van der Waals surface area contributed by atoms with E-state index in [2.05, 4.69) is 58.0 Å². The molecule has 1 aromatic carbocycles. The van der Waals surface area contributed by atoms with Crippen molar-refractivity contribution < 1.29 is 0 Å². The van der Waals surface area contributed by atoms with Gasteiger partial charge in [-0.3, -0.25) is 0 Å². The molecule has 1 heteroatoms. The van der Waals surface area contributed by atoms with Gasteiger partial charge < -0.3 is 0 Å². The number of hydrogen-bond acceptors (Lipinski definition) is 1. The van der Waals surface area contributed by atoms with Crippen molar-refractivity contribution in [3.05, 3.63) is 52.6 Å². The molecule has 94 valence electrons. The maximum absolute atomic E-state index is 5.14. The average molecular weight is 256 g/mol. The van der Waals surface area contributed by atoms with Crippen LogP contribution in [0.2, 0.25) is 0 Å². The van der Waals surface area contributed by atoms with Crippen molar-refractivity contribution in [2.75, 3.05) is 0 Å². The first-order valence-corrected chi connectivity index (χ1v) is 6.85. The van der Waals surface area contributed by atoms with E-state index in [1.54, 1.807) is 0 Å². The van der Waals surface area contributed by atoms with Crippen LogP contribution in [-0.2, 0) is 0 Å². The molecule has 0 radical (unpaired) electrons. The molecule has 1 aliphatic rings. The molecule has 0 amide bonds. The van der Waals surface area contributed by atoms with Crippen molar-refractivity contribution in [3.8, 4) is 0 Å². The Morgan fingerprint density at radius 1 is 1.22 bits per heavy atom. The first kappa shape index (κ1) is 13.2. The van der Waals surface area contributed by atoms with Crippen molar-refractivity contribution in [3.63, 3.8) is 0 Å². The van der Waals surface area contributed by atoms with Gasteiger partial charge in [-0.15, -0.1) is 0 Å². The molecular formula is C17H20S. The molecule has 1 atom stereocenters. The predicted molar refractivity (Wildman–Crippen MR) is 84.0 cm³/mol. The summed E-state index contributed by atoms with van der Waals surface area (Å²) in [6, 6.07) is 6.66. The van der Waals surface area contributed by atoms with E-state index in [-0.39, 0.29) is 5.41 Å². The Kier molecular flexibility index (Phi) is 3.54. The summed E-state index contributed by atoms with van der Waals surface area (Å²) in [7, 11) is 0. The van der Waals surface area contributed by atoms with E-state index >= 15 is 0 Å². The van der Waals surface area contributed by atoms with Gasteiger partial charge in [0.2, 0.25) is 0 Å². The van der Waals surface area contributed by atoms with Crippen LogP contribution in [0.25, 0.3) is 5.57 Å². The lowest BCUT2D eigenvalue weighted by Gasteiger charge is -2.27. The van der Waals surface area contributed by atoms with Gasteiger partial charge in [0, 0.05) is 5.41 Å². The predicted octanol–water partition coefficient (Wildman–Crippen LogP) is 5.04. The molecule has 18 heavy (non-hydrogen) atoms. The standard InChI is InChI=1S/C17H20S/c1-12-5-6-15(13(2)9-12)16-7-8-17(4,11-18)10-14(16)3/h5-9,11H,10H2,1-4H3. The Labute approximate surface area is 115 Å². The summed E-state index contributed by atoms with van der Waals surface area (Å²) in [5.74, 6) is 0. The van der Waals surface area contributed by atoms with Gasteiger partial charge in [0.05, 0.1) is 0 Å². The van der Waals surface area contributed by atoms with Gasteiger partial charge in [-0.05, 0) is 49.3 Å². The third-order valence-electron chi connectivity index (χ3n) is 3.68. The molecular weight excluding hydrogens is 236 g/mol. The third kappa shape index (κ3) is 2.46. The minimum absolute atomic E-state index is 0.0432. The molecule has 0 saturated carbocycles. The first-order chi connectivity index (χ1) is 8.45. The van der Waals surface area contributed by atoms with Crippen LogP contribution in [0.15, 0.2) is 35.9 Å². The van der Waals surface area contributed by atoms with Crippen LogP contribution in [0.4, 0.5) is 0 Å². The summed E-state index contributed by atoms with van der Waals surface area (Å²) in [5.41, 5.74) is 6.84. The molecule has 0 fully saturated rings. The SMILES string of the molecule is CC1=C(c2ccc(C)cc2C)C=CC(C)(C=S)C1. The zero-order valence-corrected chi connectivity index (χ0v) is 12.4. The molecule has 0 nitrogen and oxygen atoms in total. The third-order valence-corrected chi connectivity index (χ3v) is 4.22. The fourth-order valence-electron chi connectivity index (χ4n) is 2.66. The van der Waals surface area contributed by atoms with Gasteiger partial charge in [0.25, 0.3) is 0 Å². The number of rotatable bonds is 2. The van der Waals surface area contributed by atoms with E-state index in [4.69, 9.17) is 12.2 Å². The highest BCUT2D eigenvalue weighted by atomic mass is 32.1. The van der Waals surface area contributed by atoms with Crippen LogP contribution < -0.4 is 0 Å². The van der Waals surface area contributed by atoms with Crippen LogP contribution in [0.3, 0.4) is 0 Å². The Balaban J connectivity index is 2.44. The number of hydrogen-bond donors (Lipinski definition) is 0. The Hall–Kier alpha value is -1.21. The molecule has 0 heterocycles. The lowest BCUT2D eigenvalue weighted by Crippen LogP contribution is -2.17. The van der Waals surface area contributed by atoms with E-state index in [0.717, 1.165) is 6.42 Å². The van der Waals surface area contributed by atoms with E-state index in [1.807, 2.05) is 5.37 Å². The van der Waals surface area contributed by atoms with E-state index in [1.165, 1.54) is 27.8 Å². The monoisotopic (exact) mass is 256 g/mol. The maximum atomic E-state index is 5.14. The Bertz CT molecular complexity index is 549. The van der Waals surface area contributed by atoms with Crippen LogP contribution in [0.1, 0.15) is 37.0 Å². The van der Waals surface area contributed by atoms with Gasteiger partial charge >= 0.3 is 0 Å². The van der Waals surface area contributed by atoms with Gasteiger partial charge in [0.15, 0.2) is 0 Å². The van der Waals surface area contributed by atoms with Crippen LogP contribution in [0.5, 0.6) is 0 Å². The smallest absolute Gasteiger partial charge is 0.0177 e. The van der Waals surface area contributed by atoms with Crippen molar-refractivity contribution in [2.24, 2.45) is 5.41 Å². The van der Waals surface area contributed by atoms with Gasteiger partial charge in [0.1, 0.15) is 0 Å². The highest BCUT2D eigenvalue weighted by molar-refractivity contribution is 7.79. The van der Waals surface area contributed by atoms with Crippen molar-refractivity contribution in [1.29, 1.82) is 0 Å². The molecule has 1 unspecified atom stereocenters. The number of aryl methyl sites for hydroxylation is 2. The summed E-state index contributed by atoms with van der Waals surface area (Å²) >= 11 is 5.14. The zero-order valence-electron chi connectivity index (χ0n) is 11.6. The quantitative estimate of drug-likeness (QED) is 0.668. The second-order valence-corrected chi connectivity index (χ2v) is 5.88. The lowest BCUT2D eigenvalue weighted by atomic mass is 9.78. The summed E-state index contributed by atoms with van der Waals surface area (Å²) < 4.78 is 0. The maximum Gasteiger partial charge on any atom is 0.0177 e. The fraction of sp³-hybridized carbons (Fsp3) is 0.353. The zero-order chi connectivity index (χ0) is 13.3. The van der Waals surface area contributed by atoms with Gasteiger partial charge in [-0.2, -0.15) is 0 Å². The highest BCUT2D eigenvalue weighted by Gasteiger charge is 2.23. The summed E-state index contributed by atoms with van der Waals surface area (Å²) in [4.78, 5) is 0. The molecule has 1 aliphatic carbocycles. The second kappa shape index (κ2) is 4.81. The summed E-state index contributed by atoms with van der Waals surface area (Å²) in [6.45, 7) is 8.73. The van der Waals surface area contributed by atoms with Crippen LogP contribution >= 0.6 is 12.2 Å². The Morgan fingerprint density at radius 3 is 2.50 bits per heavy atom. The minimum Gasteiger partial charge on any atom is -0.0925 e. The topological polar surface area (TPSA) is 0 Å². The fourth-order valence-corrected chi connectivity index (χ4v) is 2.82. The molecule has 0 N–H and O–H groups in total. The lowest BCUT2D eigenvalue weighted by molar-refractivity contribution is 0.604. The van der Waals surface area contributed by atoms with Gasteiger partial charge in [-0.1, -0.05) is 60.6 Å². The summed E-state index contributed by atoms with van der Waals surface area (Å²) in [5, 5.41) is 1.88. The molecule has 0 aliphatic heterocycles. The molecule has 2 rings (SSSR count). The highest BCUT2D eigenvalue weighted by Crippen LogP contribution is 2.37. The summed E-state index contributed by atoms with van der Waals surface area (Å²) in [6.07, 6.45) is 5.50. The molecule has 0 bridgehead atoms. The number of allylic oxidation sites excluding steroid dienone is 4. The van der Waals surface area contributed by atoms with E-state index in [0.29, 0.717) is 0 Å². The number of benzene rings is 1. The molecule has 0 aromatic heterocycles. The second-order valence-electron chi connectivity index (χ2n) is 5.65. The van der Waals surface area contributed by atoms with Crippen molar-refractivity contribution >= 4 is 23.2 Å². The normalized spacial score (nSPS) is 23.3. The first-order valence-electron chi connectivity index (χ1n) is 6.38. The largest absolute Gasteiger partial charge is 0.0925 e. The van der Waals surface area contributed by atoms with E-state index < -0.39 is 0 Å². The number of thiocarbonyl (C=S) groups is 1. The van der Waals surface area contributed by atoms with Gasteiger partial charge in [-0.25, -0.2) is 0 Å². The van der Waals surface area contributed by atoms with Crippen LogP contribution in [0, 0.1) is 19.3 Å². The van der Waals surface area contributed by atoms with Crippen molar-refractivity contribution in [1.82, 2.24) is 0 Å².